The van der Waals surface area contributed by atoms with Crippen molar-refractivity contribution in [1.29, 1.82) is 0 Å². The van der Waals surface area contributed by atoms with E-state index in [2.05, 4.69) is 5.32 Å². The van der Waals surface area contributed by atoms with Crippen LogP contribution in [0.5, 0.6) is 0 Å². The highest BCUT2D eigenvalue weighted by Gasteiger charge is 2.33. The number of amides is 2. The van der Waals surface area contributed by atoms with Crippen LogP contribution in [-0.2, 0) is 16.1 Å². The van der Waals surface area contributed by atoms with Crippen molar-refractivity contribution in [3.8, 4) is 0 Å². The Kier molecular flexibility index (Phi) is 6.61. The summed E-state index contributed by atoms with van der Waals surface area (Å²) in [6, 6.07) is 5.95. The first-order valence-corrected chi connectivity index (χ1v) is 9.67. The molecule has 2 aliphatic rings. The third-order valence-corrected chi connectivity index (χ3v) is 5.29. The van der Waals surface area contributed by atoms with E-state index in [1.54, 1.807) is 6.07 Å². The number of hydrogen-bond donors (Lipinski definition) is 1. The van der Waals surface area contributed by atoms with E-state index in [0.717, 1.165) is 31.5 Å². The number of hydrogen-bond acceptors (Lipinski definition) is 3. The number of carbonyl (C=O) groups is 2. The van der Waals surface area contributed by atoms with Crippen molar-refractivity contribution in [3.05, 3.63) is 35.6 Å². The lowest BCUT2D eigenvalue weighted by Gasteiger charge is -2.36. The first-order valence-electron chi connectivity index (χ1n) is 9.67. The lowest BCUT2D eigenvalue weighted by molar-refractivity contribution is -0.139. The second-order valence-corrected chi connectivity index (χ2v) is 7.26. The van der Waals surface area contributed by atoms with Gasteiger partial charge in [0.2, 0.25) is 11.8 Å². The van der Waals surface area contributed by atoms with Gasteiger partial charge in [0.05, 0.1) is 12.5 Å². The van der Waals surface area contributed by atoms with E-state index in [1.165, 1.54) is 31.4 Å². The molecule has 0 saturated carbocycles. The molecule has 0 radical (unpaired) electrons. The van der Waals surface area contributed by atoms with Crippen molar-refractivity contribution in [1.82, 2.24) is 15.1 Å². The Morgan fingerprint density at radius 2 is 1.85 bits per heavy atom. The molecule has 142 valence electrons. The molecule has 2 aliphatic heterocycles. The highest BCUT2D eigenvalue weighted by Crippen LogP contribution is 2.17. The van der Waals surface area contributed by atoms with E-state index in [4.69, 9.17) is 0 Å². The normalized spacial score (nSPS) is 22.4. The molecule has 0 unspecified atom stereocenters. The fourth-order valence-electron chi connectivity index (χ4n) is 3.83. The SMILES string of the molecule is O=C1NCCN(Cc2cccc(F)c2)[C@H]1CC(=O)N1CCCCCCC1. The Morgan fingerprint density at radius 3 is 2.58 bits per heavy atom. The summed E-state index contributed by atoms with van der Waals surface area (Å²) in [5.74, 6) is -0.330. The van der Waals surface area contributed by atoms with Crippen molar-refractivity contribution in [3.63, 3.8) is 0 Å². The van der Waals surface area contributed by atoms with Gasteiger partial charge in [-0.2, -0.15) is 0 Å². The Morgan fingerprint density at radius 1 is 1.12 bits per heavy atom. The van der Waals surface area contributed by atoms with Crippen LogP contribution in [0.1, 0.15) is 44.1 Å². The summed E-state index contributed by atoms with van der Waals surface area (Å²) in [4.78, 5) is 29.1. The van der Waals surface area contributed by atoms with Crippen molar-refractivity contribution < 1.29 is 14.0 Å². The zero-order chi connectivity index (χ0) is 18.4. The van der Waals surface area contributed by atoms with Crippen LogP contribution in [0.15, 0.2) is 24.3 Å². The zero-order valence-corrected chi connectivity index (χ0v) is 15.3. The van der Waals surface area contributed by atoms with Crippen LogP contribution in [0.2, 0.25) is 0 Å². The highest BCUT2D eigenvalue weighted by molar-refractivity contribution is 5.88. The molecule has 6 heteroatoms. The monoisotopic (exact) mass is 361 g/mol. The number of halogens is 1. The lowest BCUT2D eigenvalue weighted by Crippen LogP contribution is -2.56. The van der Waals surface area contributed by atoms with E-state index in [-0.39, 0.29) is 24.1 Å². The average Bonchev–Trinajstić information content (AvgIpc) is 2.57. The molecule has 0 spiro atoms. The third-order valence-electron chi connectivity index (χ3n) is 5.29. The molecule has 1 aromatic rings. The van der Waals surface area contributed by atoms with Crippen molar-refractivity contribution in [2.75, 3.05) is 26.2 Å². The summed E-state index contributed by atoms with van der Waals surface area (Å²) in [5.41, 5.74) is 0.823. The molecule has 1 atom stereocenters. The van der Waals surface area contributed by atoms with Crippen molar-refractivity contribution >= 4 is 11.8 Å². The van der Waals surface area contributed by atoms with Crippen LogP contribution in [0.4, 0.5) is 4.39 Å². The zero-order valence-electron chi connectivity index (χ0n) is 15.3. The maximum Gasteiger partial charge on any atom is 0.237 e. The van der Waals surface area contributed by atoms with Crippen LogP contribution < -0.4 is 5.32 Å². The summed E-state index contributed by atoms with van der Waals surface area (Å²) >= 11 is 0. The number of likely N-dealkylation sites (tertiary alicyclic amines) is 1. The van der Waals surface area contributed by atoms with Gasteiger partial charge in [-0.15, -0.1) is 0 Å². The molecule has 1 aromatic carbocycles. The van der Waals surface area contributed by atoms with Gasteiger partial charge >= 0.3 is 0 Å². The molecular formula is C20H28FN3O2. The predicted molar refractivity (Wildman–Crippen MR) is 97.9 cm³/mol. The summed E-state index contributed by atoms with van der Waals surface area (Å²) in [6.07, 6.45) is 5.85. The second kappa shape index (κ2) is 9.12. The molecule has 26 heavy (non-hydrogen) atoms. The van der Waals surface area contributed by atoms with Gasteiger partial charge in [-0.05, 0) is 30.5 Å². The van der Waals surface area contributed by atoms with E-state index < -0.39 is 6.04 Å². The van der Waals surface area contributed by atoms with Crippen molar-refractivity contribution in [2.45, 2.75) is 51.1 Å². The second-order valence-electron chi connectivity index (χ2n) is 7.26. The average molecular weight is 361 g/mol. The Labute approximate surface area is 154 Å². The first-order chi connectivity index (χ1) is 12.6. The standard InChI is InChI=1S/C20H28FN3O2/c21-17-8-6-7-16(13-17)15-24-12-9-22-20(26)18(24)14-19(25)23-10-4-2-1-3-5-11-23/h6-8,13,18H,1-5,9-12,14-15H2,(H,22,26)/t18-/m0/s1. The molecule has 2 saturated heterocycles. The number of rotatable bonds is 4. The van der Waals surface area contributed by atoms with Gasteiger partial charge in [-0.25, -0.2) is 4.39 Å². The molecule has 2 fully saturated rings. The van der Waals surface area contributed by atoms with Gasteiger partial charge in [0.1, 0.15) is 5.82 Å². The minimum atomic E-state index is -0.482. The van der Waals surface area contributed by atoms with Crippen LogP contribution >= 0.6 is 0 Å². The Balaban J connectivity index is 1.65. The third kappa shape index (κ3) is 5.04. The largest absolute Gasteiger partial charge is 0.353 e. The number of carbonyl (C=O) groups excluding carboxylic acids is 2. The number of benzene rings is 1. The van der Waals surface area contributed by atoms with Gasteiger partial charge in [0.15, 0.2) is 0 Å². The lowest BCUT2D eigenvalue weighted by atomic mass is 10.0. The molecular weight excluding hydrogens is 333 g/mol. The van der Waals surface area contributed by atoms with E-state index in [9.17, 15) is 14.0 Å². The van der Waals surface area contributed by atoms with Gasteiger partial charge in [-0.3, -0.25) is 14.5 Å². The van der Waals surface area contributed by atoms with Gasteiger partial charge in [0.25, 0.3) is 0 Å². The van der Waals surface area contributed by atoms with Crippen LogP contribution in [-0.4, -0.2) is 53.8 Å². The Bertz CT molecular complexity index is 629. The van der Waals surface area contributed by atoms with Crippen molar-refractivity contribution in [2.24, 2.45) is 0 Å². The van der Waals surface area contributed by atoms with Crippen LogP contribution in [0, 0.1) is 5.82 Å². The maximum atomic E-state index is 13.5. The van der Waals surface area contributed by atoms with E-state index in [0.29, 0.717) is 19.6 Å². The molecule has 3 rings (SSSR count). The Hall–Kier alpha value is -1.95. The summed E-state index contributed by atoms with van der Waals surface area (Å²) in [6.45, 7) is 3.28. The predicted octanol–water partition coefficient (Wildman–Crippen LogP) is 2.31. The fraction of sp³-hybridized carbons (Fsp3) is 0.600. The van der Waals surface area contributed by atoms with Gasteiger partial charge in [0, 0.05) is 32.7 Å². The molecule has 0 bridgehead atoms. The quantitative estimate of drug-likeness (QED) is 0.895. The van der Waals surface area contributed by atoms with E-state index >= 15 is 0 Å². The van der Waals surface area contributed by atoms with Gasteiger partial charge in [-0.1, -0.05) is 31.4 Å². The molecule has 0 aromatic heterocycles. The topological polar surface area (TPSA) is 52.7 Å². The van der Waals surface area contributed by atoms with Gasteiger partial charge < -0.3 is 10.2 Å². The molecule has 1 N–H and O–H groups in total. The maximum absolute atomic E-state index is 13.5. The van der Waals surface area contributed by atoms with Crippen LogP contribution in [0.25, 0.3) is 0 Å². The number of nitrogens with one attached hydrogen (secondary N) is 1. The molecule has 2 amide bonds. The first kappa shape index (κ1) is 18.8. The molecule has 0 aliphatic carbocycles. The van der Waals surface area contributed by atoms with E-state index in [1.807, 2.05) is 15.9 Å². The smallest absolute Gasteiger partial charge is 0.237 e. The minimum Gasteiger partial charge on any atom is -0.353 e. The fourth-order valence-corrected chi connectivity index (χ4v) is 3.83. The molecule has 5 nitrogen and oxygen atoms in total. The summed E-state index contributed by atoms with van der Waals surface area (Å²) < 4.78 is 13.5. The highest BCUT2D eigenvalue weighted by atomic mass is 19.1. The minimum absolute atomic E-state index is 0.0539. The summed E-state index contributed by atoms with van der Waals surface area (Å²) in [5, 5.41) is 2.86. The summed E-state index contributed by atoms with van der Waals surface area (Å²) in [7, 11) is 0. The molecule has 2 heterocycles. The number of piperazine rings is 1. The number of nitrogens with zero attached hydrogens (tertiary/aromatic N) is 2. The van der Waals surface area contributed by atoms with Crippen LogP contribution in [0.3, 0.4) is 0 Å².